The van der Waals surface area contributed by atoms with E-state index in [1.165, 1.54) is 7.11 Å². The molecule has 0 heterocycles. The molecule has 1 rings (SSSR count). The first kappa shape index (κ1) is 12.9. The standard InChI is InChI=1S/C10H9Cl2NO3/c1-16-9(14)5-6-2-3-7(8(11)4-6)10(12)13-15/h2-4,10H,5H2,1H3. The molecule has 0 radical (unpaired) electrons. The molecule has 1 unspecified atom stereocenters. The lowest BCUT2D eigenvalue weighted by Crippen LogP contribution is -2.04. The van der Waals surface area contributed by atoms with Gasteiger partial charge >= 0.3 is 5.97 Å². The van der Waals surface area contributed by atoms with Crippen LogP contribution >= 0.6 is 23.2 Å². The highest BCUT2D eigenvalue weighted by atomic mass is 35.5. The minimum absolute atomic E-state index is 0.123. The van der Waals surface area contributed by atoms with Gasteiger partial charge in [0, 0.05) is 10.6 Å². The van der Waals surface area contributed by atoms with E-state index in [4.69, 9.17) is 23.2 Å². The summed E-state index contributed by atoms with van der Waals surface area (Å²) >= 11 is 11.5. The van der Waals surface area contributed by atoms with E-state index in [0.29, 0.717) is 16.1 Å². The Morgan fingerprint density at radius 2 is 2.25 bits per heavy atom. The molecule has 6 heteroatoms. The number of methoxy groups -OCH3 is 1. The number of ether oxygens (including phenoxy) is 1. The van der Waals surface area contributed by atoms with E-state index in [1.54, 1.807) is 18.2 Å². The van der Waals surface area contributed by atoms with E-state index in [0.717, 1.165) is 0 Å². The van der Waals surface area contributed by atoms with Crippen LogP contribution in [0.1, 0.15) is 16.6 Å². The van der Waals surface area contributed by atoms with Gasteiger partial charge in [-0.25, -0.2) is 0 Å². The van der Waals surface area contributed by atoms with E-state index in [9.17, 15) is 9.70 Å². The Morgan fingerprint density at radius 3 is 2.75 bits per heavy atom. The Hall–Kier alpha value is -1.13. The van der Waals surface area contributed by atoms with Gasteiger partial charge in [0.25, 0.3) is 0 Å². The lowest BCUT2D eigenvalue weighted by Gasteiger charge is -2.06. The van der Waals surface area contributed by atoms with Crippen LogP contribution in [0.4, 0.5) is 0 Å². The Balaban J connectivity index is 2.90. The van der Waals surface area contributed by atoms with Crippen molar-refractivity contribution in [2.24, 2.45) is 5.18 Å². The molecule has 0 N–H and O–H groups in total. The average Bonchev–Trinajstić information content (AvgIpc) is 2.28. The Bertz CT molecular complexity index is 409. The van der Waals surface area contributed by atoms with E-state index in [-0.39, 0.29) is 12.4 Å². The largest absolute Gasteiger partial charge is 0.469 e. The van der Waals surface area contributed by atoms with Crippen molar-refractivity contribution in [3.05, 3.63) is 39.3 Å². The molecule has 0 spiro atoms. The van der Waals surface area contributed by atoms with Crippen LogP contribution in [0, 0.1) is 4.91 Å². The summed E-state index contributed by atoms with van der Waals surface area (Å²) < 4.78 is 4.52. The highest BCUT2D eigenvalue weighted by molar-refractivity contribution is 6.32. The van der Waals surface area contributed by atoms with Crippen molar-refractivity contribution in [1.82, 2.24) is 0 Å². The molecule has 0 aromatic heterocycles. The van der Waals surface area contributed by atoms with E-state index >= 15 is 0 Å². The van der Waals surface area contributed by atoms with Crippen molar-refractivity contribution in [2.45, 2.75) is 11.9 Å². The highest BCUT2D eigenvalue weighted by Crippen LogP contribution is 2.29. The van der Waals surface area contributed by atoms with E-state index in [2.05, 4.69) is 9.91 Å². The van der Waals surface area contributed by atoms with Crippen LogP contribution in [0.5, 0.6) is 0 Å². The fraction of sp³-hybridized carbons (Fsp3) is 0.300. The molecule has 0 saturated heterocycles. The van der Waals surface area contributed by atoms with Gasteiger partial charge in [-0.2, -0.15) is 0 Å². The van der Waals surface area contributed by atoms with Crippen molar-refractivity contribution < 1.29 is 9.53 Å². The van der Waals surface area contributed by atoms with E-state index in [1.807, 2.05) is 0 Å². The van der Waals surface area contributed by atoms with Gasteiger partial charge in [-0.3, -0.25) is 4.79 Å². The minimum atomic E-state index is -1.01. The van der Waals surface area contributed by atoms with Crippen LogP contribution in [-0.2, 0) is 16.0 Å². The number of carbonyl (C=O) groups is 1. The van der Waals surface area contributed by atoms with Crippen molar-refractivity contribution >= 4 is 29.2 Å². The third-order valence-electron chi connectivity index (χ3n) is 1.99. The average molecular weight is 262 g/mol. The third kappa shape index (κ3) is 3.18. The molecular formula is C10H9Cl2NO3. The number of hydrogen-bond donors (Lipinski definition) is 0. The quantitative estimate of drug-likeness (QED) is 0.362. The van der Waals surface area contributed by atoms with Crippen molar-refractivity contribution in [2.75, 3.05) is 7.11 Å². The summed E-state index contributed by atoms with van der Waals surface area (Å²) in [6.45, 7) is 0. The van der Waals surface area contributed by atoms with Gasteiger partial charge < -0.3 is 4.74 Å². The summed E-state index contributed by atoms with van der Waals surface area (Å²) in [5.74, 6) is -0.361. The normalized spacial score (nSPS) is 11.9. The molecule has 0 saturated carbocycles. The van der Waals surface area contributed by atoms with Crippen molar-refractivity contribution in [1.29, 1.82) is 0 Å². The van der Waals surface area contributed by atoms with Gasteiger partial charge in [-0.1, -0.05) is 35.3 Å². The summed E-state index contributed by atoms with van der Waals surface area (Å²) in [7, 11) is 1.31. The van der Waals surface area contributed by atoms with Crippen LogP contribution in [-0.4, -0.2) is 13.1 Å². The number of hydrogen-bond acceptors (Lipinski definition) is 4. The Morgan fingerprint density at radius 1 is 1.56 bits per heavy atom. The van der Waals surface area contributed by atoms with Gasteiger partial charge in [-0.05, 0) is 16.8 Å². The number of alkyl halides is 1. The van der Waals surface area contributed by atoms with Crippen LogP contribution in [0.25, 0.3) is 0 Å². The zero-order valence-electron chi connectivity index (χ0n) is 8.44. The van der Waals surface area contributed by atoms with Gasteiger partial charge in [0.1, 0.15) is 0 Å². The van der Waals surface area contributed by atoms with Crippen LogP contribution in [0.2, 0.25) is 5.02 Å². The number of halogens is 2. The number of esters is 1. The maximum Gasteiger partial charge on any atom is 0.309 e. The molecule has 0 fully saturated rings. The number of rotatable bonds is 4. The predicted molar refractivity (Wildman–Crippen MR) is 61.6 cm³/mol. The van der Waals surface area contributed by atoms with Crippen LogP contribution in [0.3, 0.4) is 0 Å². The fourth-order valence-corrected chi connectivity index (χ4v) is 1.72. The summed E-state index contributed by atoms with van der Waals surface area (Å²) in [5.41, 5.74) is 0.0991. The zero-order chi connectivity index (χ0) is 12.1. The topological polar surface area (TPSA) is 55.7 Å². The first-order chi connectivity index (χ1) is 7.58. The van der Waals surface area contributed by atoms with Crippen LogP contribution < -0.4 is 0 Å². The van der Waals surface area contributed by atoms with Gasteiger partial charge in [-0.15, -0.1) is 4.91 Å². The molecule has 0 amide bonds. The Labute approximate surface area is 102 Å². The number of nitroso groups, excluding NO2 is 1. The summed E-state index contributed by atoms with van der Waals surface area (Å²) in [6, 6.07) is 4.78. The lowest BCUT2D eigenvalue weighted by atomic mass is 10.1. The SMILES string of the molecule is COC(=O)Cc1ccc(C(Cl)N=O)c(Cl)c1. The van der Waals surface area contributed by atoms with Gasteiger partial charge in [0.15, 0.2) is 5.50 Å². The van der Waals surface area contributed by atoms with Crippen molar-refractivity contribution in [3.63, 3.8) is 0 Å². The second kappa shape index (κ2) is 5.82. The molecule has 1 aromatic carbocycles. The second-order valence-electron chi connectivity index (χ2n) is 3.05. The Kier molecular flexibility index (Phi) is 4.71. The summed E-state index contributed by atoms with van der Waals surface area (Å²) in [4.78, 5) is 21.3. The van der Waals surface area contributed by atoms with E-state index < -0.39 is 5.50 Å². The molecule has 0 aliphatic carbocycles. The molecule has 0 aliphatic heterocycles. The zero-order valence-corrected chi connectivity index (χ0v) is 9.96. The molecule has 0 bridgehead atoms. The van der Waals surface area contributed by atoms with Crippen molar-refractivity contribution in [3.8, 4) is 0 Å². The first-order valence-electron chi connectivity index (χ1n) is 4.40. The summed E-state index contributed by atoms with van der Waals surface area (Å²) in [5, 5.41) is 2.97. The maximum absolute atomic E-state index is 11.0. The molecule has 1 atom stereocenters. The molecule has 0 aliphatic rings. The minimum Gasteiger partial charge on any atom is -0.469 e. The highest BCUT2D eigenvalue weighted by Gasteiger charge is 2.13. The summed E-state index contributed by atoms with van der Waals surface area (Å²) in [6.07, 6.45) is 0.123. The molecule has 4 nitrogen and oxygen atoms in total. The molecule has 86 valence electrons. The monoisotopic (exact) mass is 261 g/mol. The maximum atomic E-state index is 11.0. The molecule has 16 heavy (non-hydrogen) atoms. The second-order valence-corrected chi connectivity index (χ2v) is 3.87. The number of carbonyl (C=O) groups excluding carboxylic acids is 1. The molecule has 1 aromatic rings. The third-order valence-corrected chi connectivity index (χ3v) is 2.63. The lowest BCUT2D eigenvalue weighted by molar-refractivity contribution is -0.139. The molecular weight excluding hydrogens is 253 g/mol. The van der Waals surface area contributed by atoms with Gasteiger partial charge in [0.2, 0.25) is 0 Å². The predicted octanol–water partition coefficient (Wildman–Crippen LogP) is 3.06. The van der Waals surface area contributed by atoms with Gasteiger partial charge in [0.05, 0.1) is 13.5 Å². The number of nitrogens with zero attached hydrogens (tertiary/aromatic N) is 1. The number of benzene rings is 1. The first-order valence-corrected chi connectivity index (χ1v) is 5.21. The van der Waals surface area contributed by atoms with Crippen LogP contribution in [0.15, 0.2) is 23.4 Å². The fourth-order valence-electron chi connectivity index (χ4n) is 1.17. The smallest absolute Gasteiger partial charge is 0.309 e.